The van der Waals surface area contributed by atoms with Crippen LogP contribution in [-0.2, 0) is 16.1 Å². The van der Waals surface area contributed by atoms with Crippen molar-refractivity contribution < 1.29 is 14.6 Å². The molecule has 2 aromatic carbocycles. The number of rotatable bonds is 4. The van der Waals surface area contributed by atoms with Gasteiger partial charge < -0.3 is 9.84 Å². The highest BCUT2D eigenvalue weighted by atomic mass is 16.5. The minimum Gasteiger partial charge on any atom is -0.460 e. The first kappa shape index (κ1) is 16.0. The van der Waals surface area contributed by atoms with Crippen LogP contribution in [-0.4, -0.2) is 17.2 Å². The Bertz CT molecular complexity index is 679. The molecule has 23 heavy (non-hydrogen) atoms. The van der Waals surface area contributed by atoms with Crippen molar-refractivity contribution in [3.05, 3.63) is 48.0 Å². The smallest absolute Gasteiger partial charge is 0.312 e. The zero-order valence-electron chi connectivity index (χ0n) is 13.6. The molecule has 3 heteroatoms. The molecule has 1 aliphatic carbocycles. The number of carbonyl (C=O) groups excluding carboxylic acids is 1. The first-order valence-corrected chi connectivity index (χ1v) is 8.46. The van der Waals surface area contributed by atoms with Gasteiger partial charge in [0.25, 0.3) is 0 Å². The lowest BCUT2D eigenvalue weighted by Gasteiger charge is -2.35. The zero-order valence-corrected chi connectivity index (χ0v) is 13.6. The van der Waals surface area contributed by atoms with E-state index in [0.717, 1.165) is 35.6 Å². The average Bonchev–Trinajstić information content (AvgIpc) is 2.60. The second-order valence-corrected chi connectivity index (χ2v) is 6.58. The summed E-state index contributed by atoms with van der Waals surface area (Å²) in [7, 11) is 0. The average molecular weight is 312 g/mol. The SMILES string of the molecule is CC[C@]1(C(=O)OCc2cccc3ccccc23)CC[C@H](O)CC1. The van der Waals surface area contributed by atoms with Crippen LogP contribution in [0.4, 0.5) is 0 Å². The van der Waals surface area contributed by atoms with Crippen LogP contribution in [0.15, 0.2) is 42.5 Å². The molecule has 0 radical (unpaired) electrons. The fourth-order valence-corrected chi connectivity index (χ4v) is 3.57. The number of aliphatic hydroxyl groups excluding tert-OH is 1. The second kappa shape index (κ2) is 6.71. The minimum absolute atomic E-state index is 0.111. The Hall–Kier alpha value is -1.87. The van der Waals surface area contributed by atoms with Crippen LogP contribution in [0.5, 0.6) is 0 Å². The van der Waals surface area contributed by atoms with E-state index < -0.39 is 5.41 Å². The Kier molecular flexibility index (Phi) is 4.67. The molecule has 2 aromatic rings. The van der Waals surface area contributed by atoms with Gasteiger partial charge in [0.1, 0.15) is 6.61 Å². The van der Waals surface area contributed by atoms with Crippen molar-refractivity contribution >= 4 is 16.7 Å². The first-order valence-electron chi connectivity index (χ1n) is 8.46. The quantitative estimate of drug-likeness (QED) is 0.860. The summed E-state index contributed by atoms with van der Waals surface area (Å²) in [5.41, 5.74) is 0.627. The number of hydrogen-bond acceptors (Lipinski definition) is 3. The zero-order chi connectivity index (χ0) is 16.3. The number of carbonyl (C=O) groups is 1. The van der Waals surface area contributed by atoms with Crippen molar-refractivity contribution in [3.63, 3.8) is 0 Å². The molecule has 0 atom stereocenters. The predicted molar refractivity (Wildman–Crippen MR) is 90.9 cm³/mol. The molecule has 0 spiro atoms. The molecule has 0 heterocycles. The second-order valence-electron chi connectivity index (χ2n) is 6.58. The van der Waals surface area contributed by atoms with E-state index in [1.165, 1.54) is 0 Å². The van der Waals surface area contributed by atoms with Crippen molar-refractivity contribution in [2.75, 3.05) is 0 Å². The maximum atomic E-state index is 12.7. The van der Waals surface area contributed by atoms with Gasteiger partial charge >= 0.3 is 5.97 Å². The molecule has 0 unspecified atom stereocenters. The van der Waals surface area contributed by atoms with Gasteiger partial charge in [-0.3, -0.25) is 4.79 Å². The molecular formula is C20H24O3. The highest BCUT2D eigenvalue weighted by Crippen LogP contribution is 2.40. The van der Waals surface area contributed by atoms with Crippen LogP contribution >= 0.6 is 0 Å². The number of ether oxygens (including phenoxy) is 1. The maximum Gasteiger partial charge on any atom is 0.312 e. The maximum absolute atomic E-state index is 12.7. The van der Waals surface area contributed by atoms with Gasteiger partial charge in [-0.05, 0) is 48.4 Å². The normalized spacial score (nSPS) is 24.5. The van der Waals surface area contributed by atoms with Crippen LogP contribution in [0.25, 0.3) is 10.8 Å². The van der Waals surface area contributed by atoms with E-state index in [2.05, 4.69) is 18.2 Å². The number of fused-ring (bicyclic) bond motifs is 1. The van der Waals surface area contributed by atoms with Crippen molar-refractivity contribution in [2.24, 2.45) is 5.41 Å². The first-order chi connectivity index (χ1) is 11.1. The van der Waals surface area contributed by atoms with Gasteiger partial charge in [-0.25, -0.2) is 0 Å². The molecule has 0 saturated heterocycles. The summed E-state index contributed by atoms with van der Waals surface area (Å²) in [6.45, 7) is 2.35. The van der Waals surface area contributed by atoms with Gasteiger partial charge in [-0.2, -0.15) is 0 Å². The molecule has 1 aliphatic rings. The Labute approximate surface area is 137 Å². The van der Waals surface area contributed by atoms with Crippen molar-refractivity contribution in [3.8, 4) is 0 Å². The summed E-state index contributed by atoms with van der Waals surface area (Å²) in [5.74, 6) is -0.111. The summed E-state index contributed by atoms with van der Waals surface area (Å²) in [4.78, 5) is 12.7. The van der Waals surface area contributed by atoms with Gasteiger partial charge in [0.05, 0.1) is 11.5 Å². The third-order valence-electron chi connectivity index (χ3n) is 5.26. The molecular weight excluding hydrogens is 288 g/mol. The fraction of sp³-hybridized carbons (Fsp3) is 0.450. The molecule has 3 nitrogen and oxygen atoms in total. The highest BCUT2D eigenvalue weighted by Gasteiger charge is 2.41. The Morgan fingerprint density at radius 3 is 2.61 bits per heavy atom. The van der Waals surface area contributed by atoms with E-state index in [1.54, 1.807) is 0 Å². The monoisotopic (exact) mass is 312 g/mol. The molecule has 0 aliphatic heterocycles. The number of benzene rings is 2. The molecule has 3 rings (SSSR count). The van der Waals surface area contributed by atoms with E-state index in [4.69, 9.17) is 4.74 Å². The Morgan fingerprint density at radius 2 is 1.87 bits per heavy atom. The number of aliphatic hydroxyl groups is 1. The van der Waals surface area contributed by atoms with Crippen LogP contribution < -0.4 is 0 Å². The Morgan fingerprint density at radius 1 is 1.17 bits per heavy atom. The summed E-state index contributed by atoms with van der Waals surface area (Å²) < 4.78 is 5.68. The van der Waals surface area contributed by atoms with E-state index in [1.807, 2.05) is 31.2 Å². The van der Waals surface area contributed by atoms with Gasteiger partial charge in [0.15, 0.2) is 0 Å². The molecule has 0 amide bonds. The molecule has 0 aromatic heterocycles. The molecule has 0 bridgehead atoms. The number of esters is 1. The molecule has 122 valence electrons. The number of hydrogen-bond donors (Lipinski definition) is 1. The Balaban J connectivity index is 1.73. The topological polar surface area (TPSA) is 46.5 Å². The third-order valence-corrected chi connectivity index (χ3v) is 5.26. The molecule has 1 saturated carbocycles. The van der Waals surface area contributed by atoms with E-state index in [0.29, 0.717) is 19.4 Å². The summed E-state index contributed by atoms with van der Waals surface area (Å²) >= 11 is 0. The van der Waals surface area contributed by atoms with Crippen LogP contribution in [0, 0.1) is 5.41 Å². The lowest BCUT2D eigenvalue weighted by atomic mass is 9.71. The van der Waals surface area contributed by atoms with Crippen LogP contribution in [0.3, 0.4) is 0 Å². The molecule has 1 N–H and O–H groups in total. The third kappa shape index (κ3) is 3.25. The lowest BCUT2D eigenvalue weighted by molar-refractivity contribution is -0.161. The largest absolute Gasteiger partial charge is 0.460 e. The summed E-state index contributed by atoms with van der Waals surface area (Å²) in [6, 6.07) is 14.2. The highest BCUT2D eigenvalue weighted by molar-refractivity contribution is 5.86. The van der Waals surface area contributed by atoms with Crippen molar-refractivity contribution in [2.45, 2.75) is 51.7 Å². The molecule has 1 fully saturated rings. The van der Waals surface area contributed by atoms with Gasteiger partial charge in [0, 0.05) is 0 Å². The van der Waals surface area contributed by atoms with Crippen molar-refractivity contribution in [1.29, 1.82) is 0 Å². The van der Waals surface area contributed by atoms with E-state index >= 15 is 0 Å². The minimum atomic E-state index is -0.413. The van der Waals surface area contributed by atoms with Gasteiger partial charge in [0.2, 0.25) is 0 Å². The van der Waals surface area contributed by atoms with Crippen molar-refractivity contribution in [1.82, 2.24) is 0 Å². The standard InChI is InChI=1S/C20H24O3/c1-2-20(12-10-17(21)11-13-20)19(22)23-14-16-8-5-7-15-6-3-4-9-18(15)16/h3-9,17,21H,2,10-14H2,1H3/t17-,20-. The lowest BCUT2D eigenvalue weighted by Crippen LogP contribution is -2.37. The fourth-order valence-electron chi connectivity index (χ4n) is 3.57. The van der Waals surface area contributed by atoms with E-state index in [-0.39, 0.29) is 12.1 Å². The van der Waals surface area contributed by atoms with Crippen LogP contribution in [0.1, 0.15) is 44.6 Å². The van der Waals surface area contributed by atoms with E-state index in [9.17, 15) is 9.90 Å². The van der Waals surface area contributed by atoms with Crippen LogP contribution in [0.2, 0.25) is 0 Å². The van der Waals surface area contributed by atoms with Gasteiger partial charge in [-0.1, -0.05) is 49.4 Å². The van der Waals surface area contributed by atoms with Gasteiger partial charge in [-0.15, -0.1) is 0 Å². The predicted octanol–water partition coefficient (Wildman–Crippen LogP) is 4.21. The summed E-state index contributed by atoms with van der Waals surface area (Å²) in [5, 5.41) is 12.0. The summed E-state index contributed by atoms with van der Waals surface area (Å²) in [6.07, 6.45) is 3.33.